The van der Waals surface area contributed by atoms with Gasteiger partial charge in [0, 0.05) is 40.3 Å². The first kappa shape index (κ1) is 52.3. The van der Waals surface area contributed by atoms with Crippen LogP contribution in [-0.4, -0.2) is 56.8 Å². The normalized spacial score (nSPS) is 12.3. The highest BCUT2D eigenvalue weighted by Crippen LogP contribution is 2.34. The number of amides is 4. The van der Waals surface area contributed by atoms with E-state index in [1.165, 1.54) is 16.9 Å². The smallest absolute Gasteiger partial charge is 0.308 e. The zero-order chi connectivity index (χ0) is 47.9. The van der Waals surface area contributed by atoms with E-state index in [1.54, 1.807) is 38.1 Å². The lowest BCUT2D eigenvalue weighted by Crippen LogP contribution is -2.56. The highest BCUT2D eigenvalue weighted by atomic mass is 79.9. The first-order valence-electron chi connectivity index (χ1n) is 21.0. The Labute approximate surface area is 390 Å². The number of ether oxygens (including phenoxy) is 1. The van der Waals surface area contributed by atoms with Crippen molar-refractivity contribution in [1.29, 1.82) is 0 Å². The van der Waals surface area contributed by atoms with Gasteiger partial charge < -0.3 is 9.84 Å². The molecule has 0 bridgehead atoms. The molecule has 0 unspecified atom stereocenters. The number of benzene rings is 4. The number of aromatic hydroxyl groups is 1. The van der Waals surface area contributed by atoms with E-state index in [-0.39, 0.29) is 46.2 Å². The predicted molar refractivity (Wildman–Crippen MR) is 257 cm³/mol. The average Bonchev–Trinajstić information content (AvgIpc) is 3.16. The Bertz CT molecular complexity index is 2320. The van der Waals surface area contributed by atoms with E-state index in [4.69, 9.17) is 4.74 Å². The second-order valence-corrected chi connectivity index (χ2v) is 20.0. The summed E-state index contributed by atoms with van der Waals surface area (Å²) >= 11 is 6.63. The second kappa shape index (κ2) is 21.6. The van der Waals surface area contributed by atoms with Crippen molar-refractivity contribution in [3.05, 3.63) is 125 Å². The molecule has 4 amide bonds. The first-order valence-corrected chi connectivity index (χ1v) is 22.6. The van der Waals surface area contributed by atoms with Gasteiger partial charge in [0.15, 0.2) is 0 Å². The molecule has 0 saturated heterocycles. The van der Waals surface area contributed by atoms with Crippen LogP contribution >= 0.6 is 31.9 Å². The molecule has 11 nitrogen and oxygen atoms in total. The molecule has 0 heterocycles. The minimum atomic E-state index is -0.484. The number of esters is 1. The molecule has 0 saturated carbocycles. The van der Waals surface area contributed by atoms with Gasteiger partial charge in [0.05, 0.1) is 21.0 Å². The van der Waals surface area contributed by atoms with Crippen molar-refractivity contribution in [1.82, 2.24) is 20.9 Å². The zero-order valence-electron chi connectivity index (χ0n) is 39.4. The van der Waals surface area contributed by atoms with Gasteiger partial charge in [0.2, 0.25) is 0 Å². The van der Waals surface area contributed by atoms with Crippen LogP contribution < -0.4 is 15.6 Å². The maximum atomic E-state index is 13.6. The summed E-state index contributed by atoms with van der Waals surface area (Å²) in [5, 5.41) is 13.1. The van der Waals surface area contributed by atoms with Crippen LogP contribution in [0, 0.1) is 52.4 Å². The molecular weight excluding hydrogens is 928 g/mol. The molecule has 0 aromatic heterocycles. The number of hydrogen-bond donors (Lipinski definition) is 3. The Morgan fingerprint density at radius 2 is 0.952 bits per heavy atom. The van der Waals surface area contributed by atoms with E-state index in [0.29, 0.717) is 55.2 Å². The summed E-state index contributed by atoms with van der Waals surface area (Å²) in [4.78, 5) is 65.2. The van der Waals surface area contributed by atoms with Gasteiger partial charge in [-0.3, -0.25) is 34.8 Å². The lowest BCUT2D eigenvalue weighted by Gasteiger charge is -2.39. The predicted octanol–water partition coefficient (Wildman–Crippen LogP) is 11.6. The van der Waals surface area contributed by atoms with Gasteiger partial charge in [0.1, 0.15) is 11.5 Å². The van der Waals surface area contributed by atoms with Crippen LogP contribution in [0.2, 0.25) is 0 Å². The molecule has 340 valence electrons. The second-order valence-electron chi connectivity index (χ2n) is 18.3. The number of nitrogens with one attached hydrogen (secondary N) is 2. The number of carbonyl (C=O) groups is 5. The highest BCUT2D eigenvalue weighted by Gasteiger charge is 2.36. The SMILES string of the molecule is CC[C@@H](N(NC(=O)c1ccc(Br)c(O)c1C)C(=O)c1cc(C)cc(C)c1)C(C)(C)C.CC[C@@H](N(NC(=O)c1ccc(Br)c(OC(C)=O)c1C)C(=O)c1cc(C)cc(C)c1)C(C)(C)C. The first-order chi connectivity index (χ1) is 29.1. The molecule has 0 aliphatic heterocycles. The van der Waals surface area contributed by atoms with Gasteiger partial charge in [-0.15, -0.1) is 0 Å². The molecule has 0 aliphatic rings. The molecule has 63 heavy (non-hydrogen) atoms. The molecular formula is C50H64Br2N4O7. The van der Waals surface area contributed by atoms with Gasteiger partial charge in [-0.05, 0) is 146 Å². The Kier molecular flexibility index (Phi) is 17.9. The molecule has 4 aromatic rings. The third-order valence-corrected chi connectivity index (χ3v) is 12.0. The molecule has 13 heteroatoms. The molecule has 4 aromatic carbocycles. The fourth-order valence-electron chi connectivity index (χ4n) is 7.81. The maximum absolute atomic E-state index is 13.6. The van der Waals surface area contributed by atoms with Crippen molar-refractivity contribution in [2.24, 2.45) is 10.8 Å². The van der Waals surface area contributed by atoms with Gasteiger partial charge in [-0.1, -0.05) is 89.8 Å². The summed E-state index contributed by atoms with van der Waals surface area (Å²) in [7, 11) is 0. The summed E-state index contributed by atoms with van der Waals surface area (Å²) in [6.45, 7) is 28.7. The molecule has 2 atom stereocenters. The molecule has 0 fully saturated rings. The summed E-state index contributed by atoms with van der Waals surface area (Å²) in [6, 6.07) is 17.4. The average molecular weight is 993 g/mol. The van der Waals surface area contributed by atoms with Crippen molar-refractivity contribution >= 4 is 61.5 Å². The third-order valence-electron chi connectivity index (χ3n) is 10.7. The Hall–Kier alpha value is -5.01. The zero-order valence-corrected chi connectivity index (χ0v) is 42.6. The van der Waals surface area contributed by atoms with Crippen molar-refractivity contribution in [2.75, 3.05) is 0 Å². The standard InChI is InChI=1S/C26H33BrN2O4.C24H31BrN2O3/c1-9-22(26(6,7)8)29(25(32)19-13-15(2)12-16(3)14-19)28-24(31)20-10-11-21(27)23(17(20)4)33-18(5)30;1-8-20(24(5,6)7)27(23(30)17-12-14(2)11-15(3)13-17)26-22(29)18-9-10-19(25)21(28)16(18)4/h10-14,22H,9H2,1-8H3,(H,28,31);9-13,20,28H,8H2,1-7H3,(H,26,29)/t22-;20-/m11/s1. The summed E-state index contributed by atoms with van der Waals surface area (Å²) in [6.07, 6.45) is 1.32. The monoisotopic (exact) mass is 990 g/mol. The number of halogens is 2. The van der Waals surface area contributed by atoms with Crippen LogP contribution in [0.1, 0.15) is 150 Å². The van der Waals surface area contributed by atoms with Crippen LogP contribution in [0.5, 0.6) is 11.5 Å². The van der Waals surface area contributed by atoms with Crippen molar-refractivity contribution in [3.8, 4) is 11.5 Å². The summed E-state index contributed by atoms with van der Waals surface area (Å²) in [5.74, 6) is -1.60. The fourth-order valence-corrected chi connectivity index (χ4v) is 8.75. The fraction of sp³-hybridized carbons (Fsp3) is 0.420. The van der Waals surface area contributed by atoms with E-state index >= 15 is 0 Å². The van der Waals surface area contributed by atoms with Gasteiger partial charge in [0.25, 0.3) is 23.6 Å². The van der Waals surface area contributed by atoms with Crippen LogP contribution in [0.4, 0.5) is 0 Å². The molecule has 0 aliphatic carbocycles. The van der Waals surface area contributed by atoms with Crippen molar-refractivity contribution in [2.45, 2.75) is 129 Å². The lowest BCUT2D eigenvalue weighted by atomic mass is 9.84. The van der Waals surface area contributed by atoms with Crippen molar-refractivity contribution in [3.63, 3.8) is 0 Å². The number of rotatable bonds is 9. The Balaban J connectivity index is 0.000000337. The molecule has 3 N–H and O–H groups in total. The molecule has 0 spiro atoms. The number of hydrogen-bond acceptors (Lipinski definition) is 7. The van der Waals surface area contributed by atoms with E-state index in [0.717, 1.165) is 22.3 Å². The van der Waals surface area contributed by atoms with Crippen LogP contribution in [0.25, 0.3) is 0 Å². The molecule has 0 radical (unpaired) electrons. The number of nitrogens with zero attached hydrogens (tertiary/aromatic N) is 2. The molecule has 4 rings (SSSR count). The summed E-state index contributed by atoms with van der Waals surface area (Å²) in [5.41, 5.74) is 11.7. The quantitative estimate of drug-likeness (QED) is 0.0860. The van der Waals surface area contributed by atoms with Crippen molar-refractivity contribution < 1.29 is 33.8 Å². The van der Waals surface area contributed by atoms with Gasteiger partial charge in [-0.2, -0.15) is 0 Å². The van der Waals surface area contributed by atoms with Crippen LogP contribution in [0.3, 0.4) is 0 Å². The largest absolute Gasteiger partial charge is 0.506 e. The van der Waals surface area contributed by atoms with Gasteiger partial charge in [-0.25, -0.2) is 10.0 Å². The van der Waals surface area contributed by atoms with E-state index in [2.05, 4.69) is 42.7 Å². The number of aryl methyl sites for hydroxylation is 4. The number of phenols is 1. The van der Waals surface area contributed by atoms with E-state index in [1.807, 2.05) is 119 Å². The highest BCUT2D eigenvalue weighted by molar-refractivity contribution is 9.11. The van der Waals surface area contributed by atoms with Crippen LogP contribution in [-0.2, 0) is 4.79 Å². The van der Waals surface area contributed by atoms with E-state index < -0.39 is 17.8 Å². The Morgan fingerprint density at radius 3 is 1.29 bits per heavy atom. The summed E-state index contributed by atoms with van der Waals surface area (Å²) < 4.78 is 6.37. The van der Waals surface area contributed by atoms with E-state index in [9.17, 15) is 29.1 Å². The number of carbonyl (C=O) groups excluding carboxylic acids is 5. The van der Waals surface area contributed by atoms with Crippen LogP contribution in [0.15, 0.2) is 69.6 Å². The lowest BCUT2D eigenvalue weighted by molar-refractivity contribution is -0.132. The topological polar surface area (TPSA) is 145 Å². The van der Waals surface area contributed by atoms with Gasteiger partial charge >= 0.3 is 5.97 Å². The minimum Gasteiger partial charge on any atom is -0.506 e. The minimum absolute atomic E-state index is 0.0118. The third kappa shape index (κ3) is 13.5. The number of hydrazine groups is 2. The number of phenolic OH excluding ortho intramolecular Hbond substituents is 1. The maximum Gasteiger partial charge on any atom is 0.308 e. The Morgan fingerprint density at radius 1 is 0.603 bits per heavy atom.